The quantitative estimate of drug-likeness (QED) is 0.720. The number of rotatable bonds is 8. The van der Waals surface area contributed by atoms with Crippen LogP contribution < -0.4 is 9.62 Å². The van der Waals surface area contributed by atoms with Gasteiger partial charge in [0.15, 0.2) is 0 Å². The number of anilines is 1. The molecule has 1 amide bonds. The van der Waals surface area contributed by atoms with Crippen molar-refractivity contribution in [2.45, 2.75) is 53.1 Å². The molecule has 0 spiro atoms. The first-order valence-corrected chi connectivity index (χ1v) is 11.4. The Kier molecular flexibility index (Phi) is 7.24. The minimum Gasteiger partial charge on any atom is -0.349 e. The zero-order valence-electron chi connectivity index (χ0n) is 17.3. The van der Waals surface area contributed by atoms with Gasteiger partial charge in [0.1, 0.15) is 0 Å². The first-order chi connectivity index (χ1) is 13.2. The summed E-state index contributed by atoms with van der Waals surface area (Å²) in [5, 5.41) is 3.01. The molecule has 28 heavy (non-hydrogen) atoms. The molecule has 0 aliphatic heterocycles. The molecule has 0 aromatic heterocycles. The van der Waals surface area contributed by atoms with Crippen LogP contribution in [0.5, 0.6) is 0 Å². The standard InChI is InChI=1S/C22H30N2O3S/c1-6-20(7-2)23-22(25)19-11-9-18(10-12-19)15-24(28(5,26)27)21-13-8-16(3)17(4)14-21/h8-14,20H,6-7,15H2,1-5H3,(H,23,25). The van der Waals surface area contributed by atoms with Crippen molar-refractivity contribution in [3.8, 4) is 0 Å². The average molecular weight is 403 g/mol. The Bertz CT molecular complexity index is 917. The fraction of sp³-hybridized carbons (Fsp3) is 0.409. The van der Waals surface area contributed by atoms with Crippen molar-refractivity contribution in [3.63, 3.8) is 0 Å². The summed E-state index contributed by atoms with van der Waals surface area (Å²) >= 11 is 0. The van der Waals surface area contributed by atoms with Crippen LogP contribution in [0.15, 0.2) is 42.5 Å². The van der Waals surface area contributed by atoms with Gasteiger partial charge in [-0.1, -0.05) is 32.0 Å². The number of hydrogen-bond acceptors (Lipinski definition) is 3. The highest BCUT2D eigenvalue weighted by atomic mass is 32.2. The maximum absolute atomic E-state index is 12.4. The largest absolute Gasteiger partial charge is 0.349 e. The van der Waals surface area contributed by atoms with Gasteiger partial charge in [0, 0.05) is 11.6 Å². The minimum atomic E-state index is -3.44. The molecule has 5 nitrogen and oxygen atoms in total. The predicted octanol–water partition coefficient (Wildman–Crippen LogP) is 4.19. The van der Waals surface area contributed by atoms with Crippen LogP contribution in [0.4, 0.5) is 5.69 Å². The van der Waals surface area contributed by atoms with Crippen LogP contribution in [0.1, 0.15) is 53.7 Å². The van der Waals surface area contributed by atoms with Crippen LogP contribution in [-0.2, 0) is 16.6 Å². The second kappa shape index (κ2) is 9.24. The maximum Gasteiger partial charge on any atom is 0.251 e. The van der Waals surface area contributed by atoms with Crippen LogP contribution in [0.2, 0.25) is 0 Å². The zero-order valence-corrected chi connectivity index (χ0v) is 18.1. The van der Waals surface area contributed by atoms with E-state index in [1.807, 2.05) is 45.9 Å². The summed E-state index contributed by atoms with van der Waals surface area (Å²) in [5.41, 5.74) is 4.20. The van der Waals surface area contributed by atoms with E-state index >= 15 is 0 Å². The van der Waals surface area contributed by atoms with E-state index in [0.29, 0.717) is 11.3 Å². The van der Waals surface area contributed by atoms with Crippen molar-refractivity contribution in [2.75, 3.05) is 10.6 Å². The lowest BCUT2D eigenvalue weighted by molar-refractivity contribution is 0.0935. The van der Waals surface area contributed by atoms with Gasteiger partial charge in [0.05, 0.1) is 18.5 Å². The average Bonchev–Trinajstić information content (AvgIpc) is 2.66. The van der Waals surface area contributed by atoms with E-state index in [0.717, 1.165) is 29.5 Å². The number of aryl methyl sites for hydroxylation is 2. The molecular weight excluding hydrogens is 372 g/mol. The van der Waals surface area contributed by atoms with E-state index in [-0.39, 0.29) is 18.5 Å². The van der Waals surface area contributed by atoms with E-state index < -0.39 is 10.0 Å². The molecule has 0 saturated heterocycles. The Labute approximate surface area is 168 Å². The number of nitrogens with one attached hydrogen (secondary N) is 1. The fourth-order valence-electron chi connectivity index (χ4n) is 2.97. The molecule has 0 unspecified atom stereocenters. The molecule has 0 saturated carbocycles. The summed E-state index contributed by atoms with van der Waals surface area (Å²) in [6, 6.07) is 12.9. The number of benzene rings is 2. The fourth-order valence-corrected chi connectivity index (χ4v) is 3.85. The molecule has 2 aromatic carbocycles. The predicted molar refractivity (Wildman–Crippen MR) is 115 cm³/mol. The number of nitrogens with zero attached hydrogens (tertiary/aromatic N) is 1. The molecule has 0 heterocycles. The molecule has 2 aromatic rings. The first kappa shape index (κ1) is 22.0. The molecular formula is C22H30N2O3S. The molecule has 0 fully saturated rings. The van der Waals surface area contributed by atoms with Crippen LogP contribution in [0.3, 0.4) is 0 Å². The lowest BCUT2D eigenvalue weighted by atomic mass is 10.1. The molecule has 1 N–H and O–H groups in total. The van der Waals surface area contributed by atoms with E-state index in [9.17, 15) is 13.2 Å². The molecule has 6 heteroatoms. The second-order valence-corrected chi connectivity index (χ2v) is 9.13. The van der Waals surface area contributed by atoms with E-state index in [2.05, 4.69) is 5.32 Å². The number of sulfonamides is 1. The van der Waals surface area contributed by atoms with Gasteiger partial charge in [-0.15, -0.1) is 0 Å². The molecule has 0 aliphatic carbocycles. The monoisotopic (exact) mass is 402 g/mol. The third-order valence-electron chi connectivity index (χ3n) is 5.04. The Hall–Kier alpha value is -2.34. The first-order valence-electron chi connectivity index (χ1n) is 9.60. The normalized spacial score (nSPS) is 11.5. The molecule has 152 valence electrons. The van der Waals surface area contributed by atoms with Crippen LogP contribution >= 0.6 is 0 Å². The van der Waals surface area contributed by atoms with Crippen LogP contribution in [0, 0.1) is 13.8 Å². The highest BCUT2D eigenvalue weighted by molar-refractivity contribution is 7.92. The van der Waals surface area contributed by atoms with Gasteiger partial charge in [-0.05, 0) is 67.6 Å². The highest BCUT2D eigenvalue weighted by Crippen LogP contribution is 2.23. The van der Waals surface area contributed by atoms with E-state index in [1.54, 1.807) is 24.3 Å². The summed E-state index contributed by atoms with van der Waals surface area (Å²) in [6.45, 7) is 8.27. The number of hydrogen-bond donors (Lipinski definition) is 1. The van der Waals surface area contributed by atoms with Gasteiger partial charge in [0.2, 0.25) is 10.0 Å². The van der Waals surface area contributed by atoms with Crippen molar-refractivity contribution in [2.24, 2.45) is 0 Å². The van der Waals surface area contributed by atoms with Gasteiger partial charge in [-0.3, -0.25) is 9.10 Å². The van der Waals surface area contributed by atoms with E-state index in [1.165, 1.54) is 10.6 Å². The maximum atomic E-state index is 12.4. The number of carbonyl (C=O) groups is 1. The molecule has 2 rings (SSSR count). The lowest BCUT2D eigenvalue weighted by Gasteiger charge is -2.23. The van der Waals surface area contributed by atoms with Crippen LogP contribution in [-0.4, -0.2) is 26.6 Å². The van der Waals surface area contributed by atoms with Gasteiger partial charge in [-0.2, -0.15) is 0 Å². The summed E-state index contributed by atoms with van der Waals surface area (Å²) in [7, 11) is -3.44. The van der Waals surface area contributed by atoms with E-state index in [4.69, 9.17) is 0 Å². The number of carbonyl (C=O) groups excluding carboxylic acids is 1. The van der Waals surface area contributed by atoms with Crippen LogP contribution in [0.25, 0.3) is 0 Å². The Morgan fingerprint density at radius 2 is 1.61 bits per heavy atom. The Balaban J connectivity index is 2.21. The minimum absolute atomic E-state index is 0.102. The summed E-state index contributed by atoms with van der Waals surface area (Å²) in [4.78, 5) is 12.3. The van der Waals surface area contributed by atoms with Gasteiger partial charge in [0.25, 0.3) is 5.91 Å². The van der Waals surface area contributed by atoms with Crippen molar-refractivity contribution in [1.29, 1.82) is 0 Å². The molecule has 0 aliphatic rings. The molecule has 0 radical (unpaired) electrons. The summed E-state index contributed by atoms with van der Waals surface area (Å²) < 4.78 is 26.1. The van der Waals surface area contributed by atoms with Crippen molar-refractivity contribution < 1.29 is 13.2 Å². The van der Waals surface area contributed by atoms with Crippen molar-refractivity contribution in [3.05, 3.63) is 64.7 Å². The van der Waals surface area contributed by atoms with Gasteiger partial charge < -0.3 is 5.32 Å². The summed E-state index contributed by atoms with van der Waals surface area (Å²) in [5.74, 6) is -0.102. The molecule has 0 atom stereocenters. The Morgan fingerprint density at radius 1 is 1.00 bits per heavy atom. The molecule has 0 bridgehead atoms. The zero-order chi connectivity index (χ0) is 20.9. The van der Waals surface area contributed by atoms with Gasteiger partial charge in [-0.25, -0.2) is 8.42 Å². The van der Waals surface area contributed by atoms with Crippen molar-refractivity contribution in [1.82, 2.24) is 5.32 Å². The summed E-state index contributed by atoms with van der Waals surface area (Å²) in [6.07, 6.45) is 2.98. The lowest BCUT2D eigenvalue weighted by Crippen LogP contribution is -2.33. The highest BCUT2D eigenvalue weighted by Gasteiger charge is 2.19. The third-order valence-corrected chi connectivity index (χ3v) is 6.18. The third kappa shape index (κ3) is 5.58. The second-order valence-electron chi connectivity index (χ2n) is 7.22. The van der Waals surface area contributed by atoms with Crippen molar-refractivity contribution >= 4 is 21.6 Å². The topological polar surface area (TPSA) is 66.5 Å². The SMILES string of the molecule is CCC(CC)NC(=O)c1ccc(CN(c2ccc(C)c(C)c2)S(C)(=O)=O)cc1. The smallest absolute Gasteiger partial charge is 0.251 e. The Morgan fingerprint density at radius 3 is 2.11 bits per heavy atom. The van der Waals surface area contributed by atoms with Gasteiger partial charge >= 0.3 is 0 Å². The number of amides is 1.